The van der Waals surface area contributed by atoms with Crippen molar-refractivity contribution in [1.29, 1.82) is 0 Å². The number of methoxy groups -OCH3 is 1. The van der Waals surface area contributed by atoms with E-state index in [1.165, 1.54) is 5.56 Å². The van der Waals surface area contributed by atoms with E-state index < -0.39 is 0 Å². The number of hydrogen-bond acceptors (Lipinski definition) is 2. The lowest BCUT2D eigenvalue weighted by molar-refractivity contribution is 0.418. The Morgan fingerprint density at radius 2 is 2.07 bits per heavy atom. The summed E-state index contributed by atoms with van der Waals surface area (Å²) in [6.07, 6.45) is 3.68. The third-order valence-corrected chi connectivity index (χ3v) is 2.66. The maximum Gasteiger partial charge on any atom is 0.135 e. The molecule has 0 saturated carbocycles. The Labute approximate surface area is 87.7 Å². The first-order valence-corrected chi connectivity index (χ1v) is 4.83. The summed E-state index contributed by atoms with van der Waals surface area (Å²) in [5, 5.41) is 2.22. The van der Waals surface area contributed by atoms with E-state index in [2.05, 4.69) is 6.07 Å². The van der Waals surface area contributed by atoms with Crippen molar-refractivity contribution >= 4 is 16.8 Å². The van der Waals surface area contributed by atoms with Crippen LogP contribution in [-0.2, 0) is 0 Å². The van der Waals surface area contributed by atoms with Gasteiger partial charge in [0.25, 0.3) is 0 Å². The average Bonchev–Trinajstić information content (AvgIpc) is 2.30. The summed E-state index contributed by atoms with van der Waals surface area (Å²) >= 11 is 0. The lowest BCUT2D eigenvalue weighted by Crippen LogP contribution is -1.94. The standard InChI is InChI=1S/C13H10O2/c1-14-11-5-6-12-13-9(7-8-15-12)3-2-4-10(11)13/h2-8H,1H3. The zero-order valence-corrected chi connectivity index (χ0v) is 8.36. The third kappa shape index (κ3) is 1.11. The van der Waals surface area contributed by atoms with Crippen LogP contribution in [0, 0.1) is 0 Å². The molecule has 0 atom stereocenters. The first-order chi connectivity index (χ1) is 7.40. The van der Waals surface area contributed by atoms with Gasteiger partial charge in [-0.25, -0.2) is 0 Å². The third-order valence-electron chi connectivity index (χ3n) is 2.66. The van der Waals surface area contributed by atoms with E-state index in [-0.39, 0.29) is 0 Å². The van der Waals surface area contributed by atoms with Gasteiger partial charge in [0.2, 0.25) is 0 Å². The van der Waals surface area contributed by atoms with Crippen LogP contribution in [-0.4, -0.2) is 7.11 Å². The molecule has 0 radical (unpaired) electrons. The van der Waals surface area contributed by atoms with E-state index in [0.29, 0.717) is 0 Å². The van der Waals surface area contributed by atoms with Crippen molar-refractivity contribution in [3.05, 3.63) is 42.2 Å². The van der Waals surface area contributed by atoms with Crippen LogP contribution in [0.25, 0.3) is 16.8 Å². The minimum atomic E-state index is 0.884. The Morgan fingerprint density at radius 3 is 2.93 bits per heavy atom. The smallest absolute Gasteiger partial charge is 0.135 e. The molecule has 0 spiro atoms. The molecule has 0 N–H and O–H groups in total. The number of ether oxygens (including phenoxy) is 2. The van der Waals surface area contributed by atoms with E-state index in [1.807, 2.05) is 30.3 Å². The van der Waals surface area contributed by atoms with Gasteiger partial charge < -0.3 is 9.47 Å². The Morgan fingerprint density at radius 1 is 1.13 bits per heavy atom. The van der Waals surface area contributed by atoms with Gasteiger partial charge >= 0.3 is 0 Å². The van der Waals surface area contributed by atoms with Gasteiger partial charge in [0.05, 0.1) is 13.4 Å². The molecule has 1 heterocycles. The Hall–Kier alpha value is -1.96. The maximum absolute atomic E-state index is 5.46. The highest BCUT2D eigenvalue weighted by molar-refractivity contribution is 6.00. The predicted molar refractivity (Wildman–Crippen MR) is 60.2 cm³/mol. The van der Waals surface area contributed by atoms with Crippen molar-refractivity contribution in [2.24, 2.45) is 0 Å². The molecule has 2 aromatic rings. The summed E-state index contributed by atoms with van der Waals surface area (Å²) in [5.74, 6) is 1.78. The van der Waals surface area contributed by atoms with E-state index >= 15 is 0 Å². The molecule has 1 aliphatic heterocycles. The van der Waals surface area contributed by atoms with Crippen molar-refractivity contribution in [3.63, 3.8) is 0 Å². The van der Waals surface area contributed by atoms with Crippen molar-refractivity contribution in [2.75, 3.05) is 7.11 Å². The van der Waals surface area contributed by atoms with Gasteiger partial charge in [0.1, 0.15) is 11.5 Å². The van der Waals surface area contributed by atoms with Gasteiger partial charge in [0.15, 0.2) is 0 Å². The molecule has 0 unspecified atom stereocenters. The topological polar surface area (TPSA) is 18.5 Å². The number of rotatable bonds is 1. The SMILES string of the molecule is COc1ccc2c3c(cccc13)C=CO2. The molecule has 74 valence electrons. The van der Waals surface area contributed by atoms with Crippen LogP contribution in [0.3, 0.4) is 0 Å². The van der Waals surface area contributed by atoms with Crippen LogP contribution in [0.1, 0.15) is 5.56 Å². The van der Waals surface area contributed by atoms with Gasteiger partial charge in [-0.3, -0.25) is 0 Å². The molecule has 0 amide bonds. The molecular formula is C13H10O2. The molecule has 0 aromatic heterocycles. The van der Waals surface area contributed by atoms with Crippen LogP contribution in [0.2, 0.25) is 0 Å². The van der Waals surface area contributed by atoms with E-state index in [0.717, 1.165) is 22.3 Å². The normalized spacial score (nSPS) is 12.6. The zero-order valence-electron chi connectivity index (χ0n) is 8.36. The molecule has 2 heteroatoms. The highest BCUT2D eigenvalue weighted by Crippen LogP contribution is 2.37. The molecule has 0 bridgehead atoms. The first kappa shape index (κ1) is 8.36. The van der Waals surface area contributed by atoms with E-state index in [1.54, 1.807) is 13.4 Å². The summed E-state index contributed by atoms with van der Waals surface area (Å²) in [6, 6.07) is 10.0. The molecule has 2 aromatic carbocycles. The quantitative estimate of drug-likeness (QED) is 0.700. The highest BCUT2D eigenvalue weighted by atomic mass is 16.5. The second-order valence-corrected chi connectivity index (χ2v) is 3.46. The number of hydrogen-bond donors (Lipinski definition) is 0. The summed E-state index contributed by atoms with van der Waals surface area (Å²) in [7, 11) is 1.68. The lowest BCUT2D eigenvalue weighted by Gasteiger charge is -2.14. The van der Waals surface area contributed by atoms with Gasteiger partial charge in [0, 0.05) is 10.8 Å². The van der Waals surface area contributed by atoms with E-state index in [9.17, 15) is 0 Å². The second kappa shape index (κ2) is 3.02. The molecule has 0 aliphatic carbocycles. The fraction of sp³-hybridized carbons (Fsp3) is 0.0769. The first-order valence-electron chi connectivity index (χ1n) is 4.83. The number of benzene rings is 2. The largest absolute Gasteiger partial charge is 0.496 e. The van der Waals surface area contributed by atoms with Gasteiger partial charge in [-0.1, -0.05) is 18.2 Å². The Balaban J connectivity index is 2.48. The van der Waals surface area contributed by atoms with Crippen molar-refractivity contribution in [2.45, 2.75) is 0 Å². The van der Waals surface area contributed by atoms with Gasteiger partial charge in [-0.05, 0) is 23.8 Å². The van der Waals surface area contributed by atoms with Crippen molar-refractivity contribution in [3.8, 4) is 11.5 Å². The van der Waals surface area contributed by atoms with Crippen molar-refractivity contribution in [1.82, 2.24) is 0 Å². The fourth-order valence-corrected chi connectivity index (χ4v) is 1.97. The van der Waals surface area contributed by atoms with Crippen LogP contribution < -0.4 is 9.47 Å². The predicted octanol–water partition coefficient (Wildman–Crippen LogP) is 3.21. The van der Waals surface area contributed by atoms with Gasteiger partial charge in [-0.2, -0.15) is 0 Å². The monoisotopic (exact) mass is 198 g/mol. The highest BCUT2D eigenvalue weighted by Gasteiger charge is 2.12. The molecule has 15 heavy (non-hydrogen) atoms. The van der Waals surface area contributed by atoms with Crippen LogP contribution in [0.5, 0.6) is 11.5 Å². The molecular weight excluding hydrogens is 188 g/mol. The summed E-state index contributed by atoms with van der Waals surface area (Å²) in [5.41, 5.74) is 1.17. The second-order valence-electron chi connectivity index (χ2n) is 3.46. The molecule has 2 nitrogen and oxygen atoms in total. The minimum absolute atomic E-state index is 0.884. The molecule has 0 saturated heterocycles. The van der Waals surface area contributed by atoms with Crippen molar-refractivity contribution < 1.29 is 9.47 Å². The summed E-state index contributed by atoms with van der Waals surface area (Å²) in [6.45, 7) is 0. The van der Waals surface area contributed by atoms with Crippen LogP contribution in [0.4, 0.5) is 0 Å². The maximum atomic E-state index is 5.46. The lowest BCUT2D eigenvalue weighted by atomic mass is 10.0. The Kier molecular flexibility index (Phi) is 1.68. The molecule has 3 rings (SSSR count). The van der Waals surface area contributed by atoms with E-state index in [4.69, 9.17) is 9.47 Å². The van der Waals surface area contributed by atoms with Crippen LogP contribution in [0.15, 0.2) is 36.6 Å². The summed E-state index contributed by atoms with van der Waals surface area (Å²) < 4.78 is 10.8. The van der Waals surface area contributed by atoms with Gasteiger partial charge in [-0.15, -0.1) is 0 Å². The fourth-order valence-electron chi connectivity index (χ4n) is 1.97. The average molecular weight is 198 g/mol. The summed E-state index contributed by atoms with van der Waals surface area (Å²) in [4.78, 5) is 0. The Bertz CT molecular complexity index is 556. The zero-order chi connectivity index (χ0) is 10.3. The van der Waals surface area contributed by atoms with Crippen LogP contribution >= 0.6 is 0 Å². The minimum Gasteiger partial charge on any atom is -0.496 e. The molecule has 0 fully saturated rings. The molecule has 1 aliphatic rings.